The standard InChI is InChI=1S/C17H24N2O2/c1-17(2,3)15-8-6-14(7-9-15)16(20)19(11-5-10-18)12-13-21-4/h6-9H,5,11-13H2,1-4H3. The van der Waals surface area contributed by atoms with Crippen LogP contribution in [-0.2, 0) is 10.2 Å². The van der Waals surface area contributed by atoms with E-state index in [2.05, 4.69) is 26.8 Å². The Labute approximate surface area is 127 Å². The predicted octanol–water partition coefficient (Wildman–Crippen LogP) is 2.99. The Morgan fingerprint density at radius 1 is 1.24 bits per heavy atom. The topological polar surface area (TPSA) is 53.3 Å². The van der Waals surface area contributed by atoms with Crippen molar-refractivity contribution < 1.29 is 9.53 Å². The van der Waals surface area contributed by atoms with Crippen LogP contribution in [0, 0.1) is 11.3 Å². The van der Waals surface area contributed by atoms with Crippen LogP contribution in [0.1, 0.15) is 43.1 Å². The molecule has 1 amide bonds. The van der Waals surface area contributed by atoms with E-state index >= 15 is 0 Å². The van der Waals surface area contributed by atoms with Gasteiger partial charge in [0.25, 0.3) is 5.91 Å². The summed E-state index contributed by atoms with van der Waals surface area (Å²) in [6.07, 6.45) is 0.329. The van der Waals surface area contributed by atoms with E-state index in [1.807, 2.05) is 24.3 Å². The maximum absolute atomic E-state index is 12.5. The predicted molar refractivity (Wildman–Crippen MR) is 83.2 cm³/mol. The number of nitrogens with zero attached hydrogens (tertiary/aromatic N) is 2. The van der Waals surface area contributed by atoms with Gasteiger partial charge in [0.2, 0.25) is 0 Å². The van der Waals surface area contributed by atoms with E-state index in [4.69, 9.17) is 10.00 Å². The van der Waals surface area contributed by atoms with Gasteiger partial charge in [0.1, 0.15) is 0 Å². The van der Waals surface area contributed by atoms with E-state index < -0.39 is 0 Å². The summed E-state index contributed by atoms with van der Waals surface area (Å²) in [6, 6.07) is 9.77. The summed E-state index contributed by atoms with van der Waals surface area (Å²) in [5, 5.41) is 8.70. The van der Waals surface area contributed by atoms with E-state index in [9.17, 15) is 4.79 Å². The van der Waals surface area contributed by atoms with Crippen molar-refractivity contribution in [3.63, 3.8) is 0 Å². The molecule has 4 heteroatoms. The monoisotopic (exact) mass is 288 g/mol. The fourth-order valence-electron chi connectivity index (χ4n) is 2.00. The van der Waals surface area contributed by atoms with Crippen molar-refractivity contribution in [1.29, 1.82) is 5.26 Å². The normalized spacial score (nSPS) is 11.0. The molecular weight excluding hydrogens is 264 g/mol. The first-order valence-corrected chi connectivity index (χ1v) is 7.16. The zero-order chi connectivity index (χ0) is 15.9. The fraction of sp³-hybridized carbons (Fsp3) is 0.529. The molecule has 1 aromatic rings. The number of benzene rings is 1. The lowest BCUT2D eigenvalue weighted by atomic mass is 9.86. The van der Waals surface area contributed by atoms with Gasteiger partial charge in [-0.05, 0) is 23.1 Å². The first-order chi connectivity index (χ1) is 9.90. The minimum absolute atomic E-state index is 0.0530. The summed E-state index contributed by atoms with van der Waals surface area (Å²) in [7, 11) is 1.60. The second-order valence-electron chi connectivity index (χ2n) is 6.02. The van der Waals surface area contributed by atoms with E-state index in [1.54, 1.807) is 12.0 Å². The fourth-order valence-corrected chi connectivity index (χ4v) is 2.00. The largest absolute Gasteiger partial charge is 0.383 e. The van der Waals surface area contributed by atoms with Crippen molar-refractivity contribution in [2.45, 2.75) is 32.6 Å². The molecule has 114 valence electrons. The molecule has 0 bridgehead atoms. The molecule has 0 radical (unpaired) electrons. The van der Waals surface area contributed by atoms with Crippen LogP contribution in [0.4, 0.5) is 0 Å². The second-order valence-corrected chi connectivity index (χ2v) is 6.02. The van der Waals surface area contributed by atoms with Crippen LogP contribution >= 0.6 is 0 Å². The van der Waals surface area contributed by atoms with E-state index in [-0.39, 0.29) is 11.3 Å². The van der Waals surface area contributed by atoms with Crippen LogP contribution in [0.25, 0.3) is 0 Å². The zero-order valence-corrected chi connectivity index (χ0v) is 13.3. The second kappa shape index (κ2) is 7.80. The molecule has 4 nitrogen and oxygen atoms in total. The third-order valence-corrected chi connectivity index (χ3v) is 3.34. The Hall–Kier alpha value is -1.86. The number of amides is 1. The van der Waals surface area contributed by atoms with Gasteiger partial charge in [-0.1, -0.05) is 32.9 Å². The highest BCUT2D eigenvalue weighted by Crippen LogP contribution is 2.22. The van der Waals surface area contributed by atoms with E-state index in [0.29, 0.717) is 31.7 Å². The average Bonchev–Trinajstić information content (AvgIpc) is 2.46. The van der Waals surface area contributed by atoms with Crippen LogP contribution in [0.3, 0.4) is 0 Å². The van der Waals surface area contributed by atoms with Crippen molar-refractivity contribution in [2.24, 2.45) is 0 Å². The maximum Gasteiger partial charge on any atom is 0.253 e. The lowest BCUT2D eigenvalue weighted by molar-refractivity contribution is 0.0700. The summed E-state index contributed by atoms with van der Waals surface area (Å²) in [5.41, 5.74) is 1.91. The molecule has 21 heavy (non-hydrogen) atoms. The molecule has 0 aliphatic rings. The maximum atomic E-state index is 12.5. The number of ether oxygens (including phenoxy) is 1. The molecule has 0 aliphatic carbocycles. The molecule has 0 heterocycles. The molecule has 0 unspecified atom stereocenters. The Balaban J connectivity index is 2.85. The number of rotatable bonds is 6. The van der Waals surface area contributed by atoms with Crippen molar-refractivity contribution >= 4 is 5.91 Å². The van der Waals surface area contributed by atoms with Gasteiger partial charge in [-0.15, -0.1) is 0 Å². The summed E-state index contributed by atoms with van der Waals surface area (Å²) >= 11 is 0. The summed E-state index contributed by atoms with van der Waals surface area (Å²) < 4.78 is 5.03. The molecule has 0 N–H and O–H groups in total. The first-order valence-electron chi connectivity index (χ1n) is 7.16. The Morgan fingerprint density at radius 2 is 1.86 bits per heavy atom. The van der Waals surface area contributed by atoms with Crippen LogP contribution in [0.2, 0.25) is 0 Å². The molecule has 0 spiro atoms. The molecule has 0 aliphatic heterocycles. The van der Waals surface area contributed by atoms with Gasteiger partial charge in [0.15, 0.2) is 0 Å². The summed E-state index contributed by atoms with van der Waals surface area (Å²) in [6.45, 7) is 7.82. The first kappa shape index (κ1) is 17.2. The molecule has 0 fully saturated rings. The van der Waals surface area contributed by atoms with Gasteiger partial charge in [-0.3, -0.25) is 4.79 Å². The van der Waals surface area contributed by atoms with Gasteiger partial charge < -0.3 is 9.64 Å². The Kier molecular flexibility index (Phi) is 6.39. The highest BCUT2D eigenvalue weighted by Gasteiger charge is 2.17. The van der Waals surface area contributed by atoms with Gasteiger partial charge >= 0.3 is 0 Å². The lowest BCUT2D eigenvalue weighted by Crippen LogP contribution is -2.34. The number of methoxy groups -OCH3 is 1. The number of carbonyl (C=O) groups excluding carboxylic acids is 1. The Bertz CT molecular complexity index is 495. The number of hydrogen-bond donors (Lipinski definition) is 0. The molecule has 0 saturated heterocycles. The van der Waals surface area contributed by atoms with E-state index in [0.717, 1.165) is 0 Å². The highest BCUT2D eigenvalue weighted by atomic mass is 16.5. The van der Waals surface area contributed by atoms with Crippen LogP contribution in [0.15, 0.2) is 24.3 Å². The average molecular weight is 288 g/mol. The smallest absolute Gasteiger partial charge is 0.253 e. The number of carbonyl (C=O) groups is 1. The minimum atomic E-state index is -0.0530. The Morgan fingerprint density at radius 3 is 2.33 bits per heavy atom. The van der Waals surface area contributed by atoms with Crippen molar-refractivity contribution in [1.82, 2.24) is 4.90 Å². The molecule has 1 rings (SSSR count). The van der Waals surface area contributed by atoms with Gasteiger partial charge in [-0.25, -0.2) is 0 Å². The van der Waals surface area contributed by atoms with Gasteiger partial charge in [0.05, 0.1) is 19.1 Å². The highest BCUT2D eigenvalue weighted by molar-refractivity contribution is 5.94. The van der Waals surface area contributed by atoms with Crippen LogP contribution in [-0.4, -0.2) is 37.6 Å². The van der Waals surface area contributed by atoms with Crippen molar-refractivity contribution in [3.05, 3.63) is 35.4 Å². The minimum Gasteiger partial charge on any atom is -0.383 e. The quantitative estimate of drug-likeness (QED) is 0.808. The molecule has 0 saturated carbocycles. The zero-order valence-electron chi connectivity index (χ0n) is 13.3. The van der Waals surface area contributed by atoms with Crippen molar-refractivity contribution in [3.8, 4) is 6.07 Å². The van der Waals surface area contributed by atoms with E-state index in [1.165, 1.54) is 5.56 Å². The van der Waals surface area contributed by atoms with Gasteiger partial charge in [0, 0.05) is 25.8 Å². The number of hydrogen-bond acceptors (Lipinski definition) is 3. The van der Waals surface area contributed by atoms with Gasteiger partial charge in [-0.2, -0.15) is 5.26 Å². The number of nitriles is 1. The van der Waals surface area contributed by atoms with Crippen molar-refractivity contribution in [2.75, 3.05) is 26.8 Å². The van der Waals surface area contributed by atoms with Crippen LogP contribution in [0.5, 0.6) is 0 Å². The summed E-state index contributed by atoms with van der Waals surface area (Å²) in [4.78, 5) is 14.1. The van der Waals surface area contributed by atoms with Crippen LogP contribution < -0.4 is 0 Å². The molecule has 0 atom stereocenters. The lowest BCUT2D eigenvalue weighted by Gasteiger charge is -2.22. The summed E-state index contributed by atoms with van der Waals surface area (Å²) in [5.74, 6) is -0.0530. The SMILES string of the molecule is COCCN(CCC#N)C(=O)c1ccc(C(C)(C)C)cc1. The molecule has 0 aromatic heterocycles. The third kappa shape index (κ3) is 5.20. The third-order valence-electron chi connectivity index (χ3n) is 3.34. The molecule has 1 aromatic carbocycles. The molecular formula is C17H24N2O2.